The van der Waals surface area contributed by atoms with E-state index in [-0.39, 0.29) is 12.2 Å². The van der Waals surface area contributed by atoms with Gasteiger partial charge in [-0.3, -0.25) is 4.99 Å². The summed E-state index contributed by atoms with van der Waals surface area (Å²) in [5.41, 5.74) is 6.48. The highest BCUT2D eigenvalue weighted by Gasteiger charge is 2.24. The number of likely N-dealkylation sites (N-methyl/N-ethyl adjacent to an activating group) is 1. The third-order valence-electron chi connectivity index (χ3n) is 2.29. The van der Waals surface area contributed by atoms with Gasteiger partial charge in [-0.05, 0) is 14.0 Å². The van der Waals surface area contributed by atoms with Gasteiger partial charge in [-0.1, -0.05) is 0 Å². The molecule has 1 rings (SSSR count). The third-order valence-corrected chi connectivity index (χ3v) is 2.29. The molecule has 80 valence electrons. The van der Waals surface area contributed by atoms with Crippen LogP contribution in [0.4, 0.5) is 0 Å². The second kappa shape index (κ2) is 5.12. The maximum Gasteiger partial charge on any atom is 0.0984 e. The van der Waals surface area contributed by atoms with Crippen LogP contribution < -0.4 is 5.73 Å². The smallest absolute Gasteiger partial charge is 0.0984 e. The van der Waals surface area contributed by atoms with Gasteiger partial charge in [-0.2, -0.15) is 0 Å². The molecule has 0 aliphatic carbocycles. The van der Waals surface area contributed by atoms with Crippen molar-refractivity contribution < 1.29 is 4.74 Å². The van der Waals surface area contributed by atoms with Crippen LogP contribution in [0.3, 0.4) is 0 Å². The Labute approximate surface area is 85.4 Å². The summed E-state index contributed by atoms with van der Waals surface area (Å²) in [7, 11) is 3.82. The quantitative estimate of drug-likeness (QED) is 0.646. The highest BCUT2D eigenvalue weighted by molar-refractivity contribution is 5.79. The fraction of sp³-hybridized carbons (Fsp3) is 0.700. The molecular formula is C10H19N3O. The summed E-state index contributed by atoms with van der Waals surface area (Å²) < 4.78 is 5.78. The van der Waals surface area contributed by atoms with Gasteiger partial charge in [0, 0.05) is 38.1 Å². The predicted molar refractivity (Wildman–Crippen MR) is 58.5 cm³/mol. The molecule has 1 fully saturated rings. The zero-order valence-corrected chi connectivity index (χ0v) is 9.10. The largest absolute Gasteiger partial charge is 0.404 e. The summed E-state index contributed by atoms with van der Waals surface area (Å²) in [6.45, 7) is 3.91. The molecule has 4 nitrogen and oxygen atoms in total. The third kappa shape index (κ3) is 2.82. The lowest BCUT2D eigenvalue weighted by Crippen LogP contribution is -2.45. The predicted octanol–water partition coefficient (Wildman–Crippen LogP) is 0.249. The van der Waals surface area contributed by atoms with Crippen molar-refractivity contribution in [2.24, 2.45) is 10.7 Å². The van der Waals surface area contributed by atoms with Gasteiger partial charge in [-0.25, -0.2) is 0 Å². The van der Waals surface area contributed by atoms with Crippen LogP contribution in [0.25, 0.3) is 0 Å². The maximum atomic E-state index is 5.78. The van der Waals surface area contributed by atoms with E-state index in [2.05, 4.69) is 23.9 Å². The number of aliphatic imine (C=N–C) groups is 1. The van der Waals surface area contributed by atoms with Crippen LogP contribution >= 0.6 is 0 Å². The van der Waals surface area contributed by atoms with Crippen molar-refractivity contribution in [1.82, 2.24) is 4.90 Å². The lowest BCUT2D eigenvalue weighted by Gasteiger charge is -2.34. The van der Waals surface area contributed by atoms with Crippen LogP contribution in [-0.2, 0) is 4.74 Å². The van der Waals surface area contributed by atoms with E-state index in [1.165, 1.54) is 0 Å². The van der Waals surface area contributed by atoms with Gasteiger partial charge in [0.1, 0.15) is 0 Å². The first-order valence-corrected chi connectivity index (χ1v) is 4.85. The SMILES string of the molecule is CN=C/C(=C\N)C1CN(C)CC(C)O1. The van der Waals surface area contributed by atoms with Crippen molar-refractivity contribution in [2.45, 2.75) is 19.1 Å². The zero-order valence-electron chi connectivity index (χ0n) is 9.10. The summed E-state index contributed by atoms with van der Waals surface area (Å²) in [5.74, 6) is 0. The molecule has 2 N–H and O–H groups in total. The average Bonchev–Trinajstić information content (AvgIpc) is 2.12. The van der Waals surface area contributed by atoms with Crippen LogP contribution in [0.5, 0.6) is 0 Å². The summed E-state index contributed by atoms with van der Waals surface area (Å²) >= 11 is 0. The van der Waals surface area contributed by atoms with E-state index in [4.69, 9.17) is 10.5 Å². The maximum absolute atomic E-state index is 5.78. The van der Waals surface area contributed by atoms with Crippen LogP contribution in [0, 0.1) is 0 Å². The molecule has 4 heteroatoms. The first-order valence-electron chi connectivity index (χ1n) is 4.85. The fourth-order valence-electron chi connectivity index (χ4n) is 1.73. The summed E-state index contributed by atoms with van der Waals surface area (Å²) in [6.07, 6.45) is 3.64. The molecule has 1 aliphatic heterocycles. The first kappa shape index (κ1) is 11.2. The Morgan fingerprint density at radius 2 is 2.29 bits per heavy atom. The van der Waals surface area contributed by atoms with Gasteiger partial charge >= 0.3 is 0 Å². The van der Waals surface area contributed by atoms with Crippen molar-refractivity contribution in [3.05, 3.63) is 11.8 Å². The van der Waals surface area contributed by atoms with Gasteiger partial charge in [0.25, 0.3) is 0 Å². The minimum Gasteiger partial charge on any atom is -0.404 e. The molecule has 0 aromatic carbocycles. The van der Waals surface area contributed by atoms with E-state index >= 15 is 0 Å². The Morgan fingerprint density at radius 3 is 2.79 bits per heavy atom. The number of nitrogens with two attached hydrogens (primary N) is 1. The van der Waals surface area contributed by atoms with Crippen molar-refractivity contribution in [1.29, 1.82) is 0 Å². The van der Waals surface area contributed by atoms with E-state index in [0.717, 1.165) is 18.7 Å². The highest BCUT2D eigenvalue weighted by Crippen LogP contribution is 2.14. The van der Waals surface area contributed by atoms with E-state index in [1.807, 2.05) is 0 Å². The average molecular weight is 197 g/mol. The van der Waals surface area contributed by atoms with Crippen LogP contribution in [-0.4, -0.2) is 50.5 Å². The lowest BCUT2D eigenvalue weighted by atomic mass is 10.1. The number of ether oxygens (including phenoxy) is 1. The van der Waals surface area contributed by atoms with Gasteiger partial charge in [0.2, 0.25) is 0 Å². The minimum absolute atomic E-state index is 0.0532. The number of rotatable bonds is 2. The Bertz CT molecular complexity index is 228. The standard InChI is InChI=1S/C10H19N3O/c1-8-6-13(3)7-10(14-8)9(4-11)5-12-2/h4-5,8,10H,6-7,11H2,1-3H3/b9-4+,12-5?. The molecule has 1 saturated heterocycles. The number of morpholine rings is 1. The van der Waals surface area contributed by atoms with E-state index in [1.54, 1.807) is 19.5 Å². The Kier molecular flexibility index (Phi) is 4.10. The Hall–Kier alpha value is -0.870. The fourth-order valence-corrected chi connectivity index (χ4v) is 1.73. The molecular weight excluding hydrogens is 178 g/mol. The van der Waals surface area contributed by atoms with Crippen molar-refractivity contribution >= 4 is 6.21 Å². The number of nitrogens with zero attached hydrogens (tertiary/aromatic N) is 2. The highest BCUT2D eigenvalue weighted by atomic mass is 16.5. The summed E-state index contributed by atoms with van der Waals surface area (Å²) in [5, 5.41) is 0. The van der Waals surface area contributed by atoms with Crippen molar-refractivity contribution in [2.75, 3.05) is 27.2 Å². The molecule has 1 heterocycles. The van der Waals surface area contributed by atoms with E-state index in [9.17, 15) is 0 Å². The number of hydrogen-bond donors (Lipinski definition) is 1. The Balaban J connectivity index is 2.66. The molecule has 0 radical (unpaired) electrons. The lowest BCUT2D eigenvalue weighted by molar-refractivity contribution is -0.0494. The first-order chi connectivity index (χ1) is 6.67. The van der Waals surface area contributed by atoms with Gasteiger partial charge in [-0.15, -0.1) is 0 Å². The molecule has 0 spiro atoms. The number of hydrogen-bond acceptors (Lipinski definition) is 4. The van der Waals surface area contributed by atoms with Crippen LogP contribution in [0.1, 0.15) is 6.92 Å². The molecule has 2 atom stereocenters. The van der Waals surface area contributed by atoms with Crippen molar-refractivity contribution in [3.8, 4) is 0 Å². The van der Waals surface area contributed by atoms with Gasteiger partial charge in [0.05, 0.1) is 12.2 Å². The van der Waals surface area contributed by atoms with Crippen LogP contribution in [0.2, 0.25) is 0 Å². The minimum atomic E-state index is 0.0532. The second-order valence-corrected chi connectivity index (χ2v) is 3.71. The molecule has 1 aliphatic rings. The summed E-state index contributed by atoms with van der Waals surface area (Å²) in [6, 6.07) is 0. The summed E-state index contributed by atoms with van der Waals surface area (Å²) in [4.78, 5) is 6.20. The van der Waals surface area contributed by atoms with Gasteiger partial charge < -0.3 is 15.4 Å². The molecule has 0 bridgehead atoms. The zero-order chi connectivity index (χ0) is 10.6. The molecule has 0 saturated carbocycles. The molecule has 0 aromatic rings. The van der Waals surface area contributed by atoms with E-state index < -0.39 is 0 Å². The van der Waals surface area contributed by atoms with Crippen molar-refractivity contribution in [3.63, 3.8) is 0 Å². The monoisotopic (exact) mass is 197 g/mol. The van der Waals surface area contributed by atoms with E-state index in [0.29, 0.717) is 0 Å². The van der Waals surface area contributed by atoms with Gasteiger partial charge in [0.15, 0.2) is 0 Å². The molecule has 14 heavy (non-hydrogen) atoms. The normalized spacial score (nSPS) is 31.2. The molecule has 2 unspecified atom stereocenters. The Morgan fingerprint density at radius 1 is 1.57 bits per heavy atom. The topological polar surface area (TPSA) is 50.8 Å². The molecule has 0 amide bonds. The second-order valence-electron chi connectivity index (χ2n) is 3.71. The van der Waals surface area contributed by atoms with Crippen LogP contribution in [0.15, 0.2) is 16.8 Å². The molecule has 0 aromatic heterocycles.